The van der Waals surface area contributed by atoms with Gasteiger partial charge in [-0.3, -0.25) is 0 Å². The summed E-state index contributed by atoms with van der Waals surface area (Å²) in [6, 6.07) is 0. The van der Waals surface area contributed by atoms with E-state index < -0.39 is 0 Å². The fraction of sp³-hybridized carbons (Fsp3) is 1.00. The molecule has 1 rings (SSSR count). The Labute approximate surface area is 80.9 Å². The molecule has 0 spiro atoms. The normalized spacial score (nSPS) is 24.8. The van der Waals surface area contributed by atoms with Gasteiger partial charge in [0.2, 0.25) is 0 Å². The summed E-state index contributed by atoms with van der Waals surface area (Å²) >= 11 is 2.08. The zero-order valence-electron chi connectivity index (χ0n) is 8.76. The minimum Gasteiger partial charge on any atom is -0.306 e. The van der Waals surface area contributed by atoms with Gasteiger partial charge >= 0.3 is 0 Å². The second-order valence-electron chi connectivity index (χ2n) is 4.23. The quantitative estimate of drug-likeness (QED) is 0.653. The number of nitrogens with zero attached hydrogens (tertiary/aromatic N) is 1. The lowest BCUT2D eigenvalue weighted by molar-refractivity contribution is 0.209. The molecule has 0 amide bonds. The molecule has 72 valence electrons. The predicted molar refractivity (Wildman–Crippen MR) is 57.8 cm³/mol. The van der Waals surface area contributed by atoms with Gasteiger partial charge in [-0.25, -0.2) is 0 Å². The van der Waals surface area contributed by atoms with Crippen molar-refractivity contribution < 1.29 is 0 Å². The molecule has 12 heavy (non-hydrogen) atoms. The first kappa shape index (κ1) is 10.4. The summed E-state index contributed by atoms with van der Waals surface area (Å²) in [6.07, 6.45) is 5.00. The third-order valence-corrected chi connectivity index (χ3v) is 4.98. The van der Waals surface area contributed by atoms with Gasteiger partial charge in [0.15, 0.2) is 0 Å². The Bertz CT molecular complexity index is 137. The first-order valence-corrected chi connectivity index (χ1v) is 6.07. The molecule has 1 heterocycles. The fourth-order valence-corrected chi connectivity index (χ4v) is 3.08. The molecule has 1 nitrogen and oxygen atoms in total. The van der Waals surface area contributed by atoms with Crippen LogP contribution in [0.15, 0.2) is 0 Å². The van der Waals surface area contributed by atoms with Crippen LogP contribution in [0, 0.1) is 5.92 Å². The van der Waals surface area contributed by atoms with Gasteiger partial charge in [-0.05, 0) is 45.2 Å². The minimum absolute atomic E-state index is 0.576. The maximum absolute atomic E-state index is 2.44. The summed E-state index contributed by atoms with van der Waals surface area (Å²) in [7, 11) is 2.23. The topological polar surface area (TPSA) is 3.24 Å². The second-order valence-corrected chi connectivity index (χ2v) is 5.45. The highest BCUT2D eigenvalue weighted by molar-refractivity contribution is 8.00. The van der Waals surface area contributed by atoms with Crippen molar-refractivity contribution in [3.63, 3.8) is 0 Å². The maximum atomic E-state index is 2.44. The lowest BCUT2D eigenvalue weighted by atomic mass is 9.85. The standard InChI is InChI=1S/C10H21NS/c1-9(2)10(12-4)5-7-11(3)8-6-10/h9H,5-8H2,1-4H3. The molecule has 1 fully saturated rings. The van der Waals surface area contributed by atoms with Crippen molar-refractivity contribution in [2.75, 3.05) is 26.4 Å². The van der Waals surface area contributed by atoms with E-state index in [4.69, 9.17) is 0 Å². The largest absolute Gasteiger partial charge is 0.306 e. The van der Waals surface area contributed by atoms with Gasteiger partial charge in [0.1, 0.15) is 0 Å². The van der Waals surface area contributed by atoms with Crippen LogP contribution in [0.25, 0.3) is 0 Å². The van der Waals surface area contributed by atoms with Crippen molar-refractivity contribution in [2.24, 2.45) is 5.92 Å². The smallest absolute Gasteiger partial charge is 0.0204 e. The van der Waals surface area contributed by atoms with Crippen molar-refractivity contribution in [3.05, 3.63) is 0 Å². The monoisotopic (exact) mass is 187 g/mol. The first-order valence-electron chi connectivity index (χ1n) is 4.84. The Morgan fingerprint density at radius 3 is 2.08 bits per heavy atom. The molecule has 0 bridgehead atoms. The Morgan fingerprint density at radius 1 is 1.25 bits per heavy atom. The first-order chi connectivity index (χ1) is 5.60. The van der Waals surface area contributed by atoms with Gasteiger partial charge in [0, 0.05) is 4.75 Å². The van der Waals surface area contributed by atoms with E-state index >= 15 is 0 Å². The van der Waals surface area contributed by atoms with E-state index in [0.29, 0.717) is 4.75 Å². The molecule has 0 aromatic rings. The summed E-state index contributed by atoms with van der Waals surface area (Å²) < 4.78 is 0.576. The van der Waals surface area contributed by atoms with Crippen molar-refractivity contribution in [1.82, 2.24) is 4.90 Å². The van der Waals surface area contributed by atoms with Gasteiger partial charge in [0.25, 0.3) is 0 Å². The summed E-state index contributed by atoms with van der Waals surface area (Å²) in [5.41, 5.74) is 0. The Hall–Kier alpha value is 0.310. The Balaban J connectivity index is 2.57. The van der Waals surface area contributed by atoms with Crippen LogP contribution in [0.5, 0.6) is 0 Å². The number of rotatable bonds is 2. The van der Waals surface area contributed by atoms with Crippen molar-refractivity contribution >= 4 is 11.8 Å². The summed E-state index contributed by atoms with van der Waals surface area (Å²) in [5, 5.41) is 0. The average molecular weight is 187 g/mol. The van der Waals surface area contributed by atoms with Crippen LogP contribution in [-0.2, 0) is 0 Å². The predicted octanol–water partition coefficient (Wildman–Crippen LogP) is 2.47. The average Bonchev–Trinajstić information content (AvgIpc) is 2.06. The van der Waals surface area contributed by atoms with E-state index in [2.05, 4.69) is 43.8 Å². The lowest BCUT2D eigenvalue weighted by Crippen LogP contribution is -2.43. The molecule has 0 aromatic heterocycles. The number of hydrogen-bond donors (Lipinski definition) is 0. The van der Waals surface area contributed by atoms with E-state index in [-0.39, 0.29) is 0 Å². The molecule has 2 heteroatoms. The van der Waals surface area contributed by atoms with Crippen LogP contribution in [-0.4, -0.2) is 36.0 Å². The van der Waals surface area contributed by atoms with Crippen LogP contribution < -0.4 is 0 Å². The number of likely N-dealkylation sites (tertiary alicyclic amines) is 1. The van der Waals surface area contributed by atoms with Gasteiger partial charge in [-0.1, -0.05) is 13.8 Å². The summed E-state index contributed by atoms with van der Waals surface area (Å²) in [5.74, 6) is 0.821. The summed E-state index contributed by atoms with van der Waals surface area (Å²) in [6.45, 7) is 7.28. The molecule has 0 saturated carbocycles. The highest BCUT2D eigenvalue weighted by Gasteiger charge is 2.35. The molecular weight excluding hydrogens is 166 g/mol. The van der Waals surface area contributed by atoms with E-state index in [1.54, 1.807) is 0 Å². The fourth-order valence-electron chi connectivity index (χ4n) is 2.01. The van der Waals surface area contributed by atoms with Crippen LogP contribution in [0.4, 0.5) is 0 Å². The van der Waals surface area contributed by atoms with Crippen molar-refractivity contribution in [1.29, 1.82) is 0 Å². The van der Waals surface area contributed by atoms with Gasteiger partial charge < -0.3 is 4.90 Å². The van der Waals surface area contributed by atoms with Gasteiger partial charge in [0.05, 0.1) is 0 Å². The molecule has 0 N–H and O–H groups in total. The van der Waals surface area contributed by atoms with Crippen LogP contribution >= 0.6 is 11.8 Å². The van der Waals surface area contributed by atoms with Crippen molar-refractivity contribution in [3.8, 4) is 0 Å². The van der Waals surface area contributed by atoms with E-state index in [0.717, 1.165) is 5.92 Å². The maximum Gasteiger partial charge on any atom is 0.0204 e. The third-order valence-electron chi connectivity index (χ3n) is 3.29. The Kier molecular flexibility index (Phi) is 3.47. The molecule has 0 radical (unpaired) electrons. The molecular formula is C10H21NS. The molecule has 0 aliphatic carbocycles. The second kappa shape index (κ2) is 4.01. The molecule has 0 unspecified atom stereocenters. The molecule has 0 aromatic carbocycles. The highest BCUT2D eigenvalue weighted by Crippen LogP contribution is 2.40. The molecule has 1 aliphatic rings. The van der Waals surface area contributed by atoms with E-state index in [1.165, 1.54) is 25.9 Å². The molecule has 1 aliphatic heterocycles. The number of thioether (sulfide) groups is 1. The van der Waals surface area contributed by atoms with Crippen LogP contribution in [0.3, 0.4) is 0 Å². The zero-order chi connectivity index (χ0) is 9.19. The number of hydrogen-bond acceptors (Lipinski definition) is 2. The third kappa shape index (κ3) is 1.97. The molecule has 0 atom stereocenters. The van der Waals surface area contributed by atoms with Crippen LogP contribution in [0.1, 0.15) is 26.7 Å². The number of piperidine rings is 1. The highest BCUT2D eigenvalue weighted by atomic mass is 32.2. The SMILES string of the molecule is CSC1(C(C)C)CCN(C)CC1. The van der Waals surface area contributed by atoms with Gasteiger partial charge in [-0.2, -0.15) is 11.8 Å². The van der Waals surface area contributed by atoms with Crippen LogP contribution in [0.2, 0.25) is 0 Å². The van der Waals surface area contributed by atoms with E-state index in [1.807, 2.05) is 0 Å². The minimum atomic E-state index is 0.576. The lowest BCUT2D eigenvalue weighted by Gasteiger charge is -2.42. The summed E-state index contributed by atoms with van der Waals surface area (Å²) in [4.78, 5) is 2.44. The van der Waals surface area contributed by atoms with Crippen molar-refractivity contribution in [2.45, 2.75) is 31.4 Å². The Morgan fingerprint density at radius 2 is 1.75 bits per heavy atom. The zero-order valence-corrected chi connectivity index (χ0v) is 9.58. The van der Waals surface area contributed by atoms with Gasteiger partial charge in [-0.15, -0.1) is 0 Å². The van der Waals surface area contributed by atoms with E-state index in [9.17, 15) is 0 Å². The molecule has 1 saturated heterocycles.